The number of likely N-dealkylation sites (N-methyl/N-ethyl adjacent to an activating group) is 1. The Kier molecular flexibility index (Phi) is 7.46. The monoisotopic (exact) mass is 509 g/mol. The van der Waals surface area contributed by atoms with Crippen LogP contribution in [-0.2, 0) is 29.1 Å². The van der Waals surface area contributed by atoms with E-state index >= 15 is 0 Å². The molecule has 4 amide bonds. The number of nitrogens with one attached hydrogen (secondary N) is 1. The molecular formula is C29H32BN5O3. The van der Waals surface area contributed by atoms with Gasteiger partial charge in [0, 0.05) is 26.6 Å². The Morgan fingerprint density at radius 3 is 2.26 bits per heavy atom. The zero-order valence-corrected chi connectivity index (χ0v) is 21.8. The molecule has 0 aliphatic carbocycles. The lowest BCUT2D eigenvalue weighted by atomic mass is 9.94. The zero-order valence-electron chi connectivity index (χ0n) is 21.8. The molecule has 9 heteroatoms. The maximum Gasteiger partial charge on any atom is 0.334 e. The Balaban J connectivity index is 1.45. The fourth-order valence-electron chi connectivity index (χ4n) is 5.37. The molecule has 0 aromatic heterocycles. The van der Waals surface area contributed by atoms with Crippen molar-refractivity contribution in [2.75, 3.05) is 20.1 Å². The number of hydrogen-bond donors (Lipinski definition) is 1. The molecule has 2 heterocycles. The van der Waals surface area contributed by atoms with Gasteiger partial charge in [0.2, 0.25) is 11.8 Å². The lowest BCUT2D eigenvalue weighted by Gasteiger charge is -2.54. The molecule has 2 saturated heterocycles. The number of carbonyl (C=O) groups is 3. The van der Waals surface area contributed by atoms with E-state index in [9.17, 15) is 14.4 Å². The fraction of sp³-hybridized carbons (Fsp3) is 0.276. The number of amides is 4. The minimum absolute atomic E-state index is 0.0196. The third-order valence-electron chi connectivity index (χ3n) is 7.16. The number of hydrazine groups is 1. The molecule has 0 unspecified atom stereocenters. The minimum Gasteiger partial charge on any atom is -0.333 e. The van der Waals surface area contributed by atoms with Crippen molar-refractivity contribution < 1.29 is 14.4 Å². The Morgan fingerprint density at radius 1 is 0.921 bits per heavy atom. The molecule has 2 aliphatic rings. The smallest absolute Gasteiger partial charge is 0.333 e. The highest BCUT2D eigenvalue weighted by molar-refractivity contribution is 6.32. The van der Waals surface area contributed by atoms with E-state index < -0.39 is 12.2 Å². The maximum atomic E-state index is 13.9. The van der Waals surface area contributed by atoms with Crippen LogP contribution in [0.1, 0.15) is 16.7 Å². The Hall–Kier alpha value is -4.11. The van der Waals surface area contributed by atoms with E-state index in [-0.39, 0.29) is 30.9 Å². The zero-order chi connectivity index (χ0) is 26.6. The van der Waals surface area contributed by atoms with Crippen molar-refractivity contribution in [3.8, 4) is 0 Å². The molecule has 0 bridgehead atoms. The SMILES string of the molecule is Bc1cccc(CN2C[C@H]3N(C(=O)CN(C)N3C(=O)NCc3ccccc3)[C@@H](Cc3ccccc3)C2=O)c1. The predicted molar refractivity (Wildman–Crippen MR) is 148 cm³/mol. The van der Waals surface area contributed by atoms with E-state index in [4.69, 9.17) is 0 Å². The summed E-state index contributed by atoms with van der Waals surface area (Å²) in [5, 5.41) is 6.25. The van der Waals surface area contributed by atoms with Gasteiger partial charge in [-0.1, -0.05) is 90.4 Å². The van der Waals surface area contributed by atoms with Gasteiger partial charge in [0.25, 0.3) is 0 Å². The van der Waals surface area contributed by atoms with Crippen LogP contribution in [0.15, 0.2) is 84.9 Å². The van der Waals surface area contributed by atoms with Gasteiger partial charge in [-0.15, -0.1) is 0 Å². The molecule has 38 heavy (non-hydrogen) atoms. The van der Waals surface area contributed by atoms with Gasteiger partial charge < -0.3 is 15.1 Å². The first-order valence-electron chi connectivity index (χ1n) is 12.9. The molecule has 1 N–H and O–H groups in total. The molecule has 8 nitrogen and oxygen atoms in total. The summed E-state index contributed by atoms with van der Waals surface area (Å²) >= 11 is 0. The van der Waals surface area contributed by atoms with Gasteiger partial charge in [0.05, 0.1) is 13.1 Å². The maximum absolute atomic E-state index is 13.9. The third kappa shape index (κ3) is 5.43. The van der Waals surface area contributed by atoms with Crippen molar-refractivity contribution in [1.82, 2.24) is 25.1 Å². The Bertz CT molecular complexity index is 1310. The number of nitrogens with zero attached hydrogens (tertiary/aromatic N) is 4. The first-order valence-corrected chi connectivity index (χ1v) is 12.9. The van der Waals surface area contributed by atoms with Crippen molar-refractivity contribution in [3.63, 3.8) is 0 Å². The summed E-state index contributed by atoms with van der Waals surface area (Å²) in [5.41, 5.74) is 4.08. The molecule has 0 radical (unpaired) electrons. The average molecular weight is 509 g/mol. The summed E-state index contributed by atoms with van der Waals surface area (Å²) in [4.78, 5) is 44.2. The van der Waals surface area contributed by atoms with Crippen LogP contribution in [0.2, 0.25) is 0 Å². The highest BCUT2D eigenvalue weighted by Gasteiger charge is 2.50. The predicted octanol–water partition coefficient (Wildman–Crippen LogP) is 1.13. The number of piperazine rings is 1. The van der Waals surface area contributed by atoms with E-state index in [0.29, 0.717) is 19.5 Å². The first kappa shape index (κ1) is 25.5. The molecule has 0 spiro atoms. The number of hydrogen-bond acceptors (Lipinski definition) is 4. The topological polar surface area (TPSA) is 76.2 Å². The quantitative estimate of drug-likeness (QED) is 0.506. The molecule has 2 atom stereocenters. The van der Waals surface area contributed by atoms with Gasteiger partial charge in [0.1, 0.15) is 20.1 Å². The van der Waals surface area contributed by atoms with Gasteiger partial charge in [-0.3, -0.25) is 9.59 Å². The van der Waals surface area contributed by atoms with Crippen molar-refractivity contribution >= 4 is 31.2 Å². The van der Waals surface area contributed by atoms with Crippen LogP contribution in [0.3, 0.4) is 0 Å². The summed E-state index contributed by atoms with van der Waals surface area (Å²) in [6, 6.07) is 26.5. The van der Waals surface area contributed by atoms with Crippen molar-refractivity contribution in [1.29, 1.82) is 0 Å². The summed E-state index contributed by atoms with van der Waals surface area (Å²) in [7, 11) is 3.76. The highest BCUT2D eigenvalue weighted by Crippen LogP contribution is 2.28. The van der Waals surface area contributed by atoms with E-state index in [1.165, 1.54) is 0 Å². The Morgan fingerprint density at radius 2 is 1.58 bits per heavy atom. The van der Waals surface area contributed by atoms with Crippen LogP contribution >= 0.6 is 0 Å². The second-order valence-corrected chi connectivity index (χ2v) is 10.00. The lowest BCUT2D eigenvalue weighted by molar-refractivity contribution is -0.187. The number of rotatable bonds is 6. The summed E-state index contributed by atoms with van der Waals surface area (Å²) in [5.74, 6) is -0.261. The number of carbonyl (C=O) groups excluding carboxylic acids is 3. The highest BCUT2D eigenvalue weighted by atomic mass is 16.2. The third-order valence-corrected chi connectivity index (χ3v) is 7.16. The van der Waals surface area contributed by atoms with Crippen LogP contribution in [0.5, 0.6) is 0 Å². The largest absolute Gasteiger partial charge is 0.334 e. The van der Waals surface area contributed by atoms with Crippen LogP contribution in [0.25, 0.3) is 0 Å². The van der Waals surface area contributed by atoms with Gasteiger partial charge in [-0.05, 0) is 16.7 Å². The molecule has 2 fully saturated rings. The molecule has 3 aromatic rings. The summed E-state index contributed by atoms with van der Waals surface area (Å²) < 4.78 is 0. The number of fused-ring (bicyclic) bond motifs is 1. The number of urea groups is 1. The van der Waals surface area contributed by atoms with Crippen LogP contribution < -0.4 is 10.8 Å². The van der Waals surface area contributed by atoms with Crippen LogP contribution in [0, 0.1) is 0 Å². The van der Waals surface area contributed by atoms with Crippen molar-refractivity contribution in [2.45, 2.75) is 31.7 Å². The standard InChI is InChI=1S/C29H32BN5O3/c1-32-20-27(36)34-25(16-21-9-4-2-5-10-21)28(37)33(18-23-13-8-14-24(30)15-23)19-26(34)35(32)29(38)31-17-22-11-6-3-7-12-22/h2-15,25-26H,16-20,30H2,1H3,(H,31,38)/t25-,26-/m0/s1. The fourth-order valence-corrected chi connectivity index (χ4v) is 5.37. The van der Waals surface area contributed by atoms with Crippen LogP contribution in [-0.4, -0.2) is 77.9 Å². The molecular weight excluding hydrogens is 477 g/mol. The molecule has 0 saturated carbocycles. The Labute approximate surface area is 224 Å². The van der Waals surface area contributed by atoms with E-state index in [1.54, 1.807) is 26.9 Å². The van der Waals surface area contributed by atoms with Crippen molar-refractivity contribution in [2.24, 2.45) is 0 Å². The van der Waals surface area contributed by atoms with E-state index in [0.717, 1.165) is 22.2 Å². The second-order valence-electron chi connectivity index (χ2n) is 10.00. The molecule has 2 aliphatic heterocycles. The van der Waals surface area contributed by atoms with Gasteiger partial charge in [0.15, 0.2) is 0 Å². The second kappa shape index (κ2) is 11.1. The summed E-state index contributed by atoms with van der Waals surface area (Å²) in [6.07, 6.45) is -0.233. The number of benzene rings is 3. The molecule has 194 valence electrons. The average Bonchev–Trinajstić information content (AvgIpc) is 2.91. The van der Waals surface area contributed by atoms with Crippen molar-refractivity contribution in [3.05, 3.63) is 102 Å². The van der Waals surface area contributed by atoms with E-state index in [2.05, 4.69) is 11.4 Å². The molecule has 5 rings (SSSR count). The van der Waals surface area contributed by atoms with Crippen LogP contribution in [0.4, 0.5) is 4.79 Å². The van der Waals surface area contributed by atoms with Gasteiger partial charge in [-0.25, -0.2) is 14.8 Å². The van der Waals surface area contributed by atoms with Gasteiger partial charge >= 0.3 is 6.03 Å². The van der Waals surface area contributed by atoms with E-state index in [1.807, 2.05) is 86.7 Å². The van der Waals surface area contributed by atoms with Gasteiger partial charge in [-0.2, -0.15) is 0 Å². The molecule has 3 aromatic carbocycles. The lowest BCUT2D eigenvalue weighted by Crippen LogP contribution is -2.76. The normalized spacial score (nSPS) is 19.9. The first-order chi connectivity index (χ1) is 18.4. The summed E-state index contributed by atoms with van der Waals surface area (Å²) in [6.45, 7) is 1.02. The minimum atomic E-state index is -0.702.